The van der Waals surface area contributed by atoms with Crippen molar-refractivity contribution in [2.75, 3.05) is 31.2 Å². The highest BCUT2D eigenvalue weighted by atomic mass is 16.6. The van der Waals surface area contributed by atoms with E-state index in [4.69, 9.17) is 14.6 Å². The van der Waals surface area contributed by atoms with Gasteiger partial charge in [-0.15, -0.1) is 0 Å². The topological polar surface area (TPSA) is 96.4 Å². The van der Waals surface area contributed by atoms with Crippen LogP contribution >= 0.6 is 0 Å². The van der Waals surface area contributed by atoms with E-state index in [0.29, 0.717) is 32.5 Å². The normalized spacial score (nSPS) is 31.6. The van der Waals surface area contributed by atoms with Crippen molar-refractivity contribution in [1.29, 1.82) is 0 Å². The average molecular weight is 523 g/mol. The maximum absolute atomic E-state index is 14.4. The molecule has 2 saturated heterocycles. The molecule has 1 unspecified atom stereocenters. The second-order valence-corrected chi connectivity index (χ2v) is 10.9. The smallest absolute Gasteiger partial charge is 0.312 e. The molecular formula is C30H38N2O6. The standard InChI is InChI=1S/C30H38N2O6/c1-20-12-13-21(2)22(19-20)31-16-10-14-30-25(24-23(38-30)11-6-5-9-18-37-29(24)36)27(34)32(26(30)28(31)35)15-7-3-4-8-17-33/h6,10-14,19,23-26,33H,3-5,7-9,15-18H2,1-2H3/b11-6-/t23-,24+,25-,26?,30-/m0/s1. The molecule has 204 valence electrons. The van der Waals surface area contributed by atoms with Gasteiger partial charge in [-0.1, -0.05) is 49.3 Å². The van der Waals surface area contributed by atoms with Gasteiger partial charge in [0.15, 0.2) is 0 Å². The number of anilines is 1. The molecule has 1 aromatic carbocycles. The number of esters is 1. The zero-order valence-corrected chi connectivity index (χ0v) is 22.3. The third-order valence-electron chi connectivity index (χ3n) is 8.31. The van der Waals surface area contributed by atoms with Gasteiger partial charge in [-0.25, -0.2) is 0 Å². The molecule has 0 radical (unpaired) electrons. The fraction of sp³-hybridized carbons (Fsp3) is 0.567. The first-order valence-corrected chi connectivity index (χ1v) is 13.9. The van der Waals surface area contributed by atoms with Crippen LogP contribution in [0.15, 0.2) is 42.5 Å². The van der Waals surface area contributed by atoms with E-state index in [1.54, 1.807) is 9.80 Å². The first-order chi connectivity index (χ1) is 18.4. The second-order valence-electron chi connectivity index (χ2n) is 10.9. The van der Waals surface area contributed by atoms with Crippen LogP contribution in [0.1, 0.15) is 49.7 Å². The fourth-order valence-electron chi connectivity index (χ4n) is 6.47. The van der Waals surface area contributed by atoms with E-state index < -0.39 is 35.6 Å². The first-order valence-electron chi connectivity index (χ1n) is 13.9. The molecule has 0 aliphatic carbocycles. The average Bonchev–Trinajstić information content (AvgIpc) is 3.30. The van der Waals surface area contributed by atoms with E-state index in [0.717, 1.165) is 42.5 Å². The van der Waals surface area contributed by atoms with Gasteiger partial charge >= 0.3 is 5.97 Å². The molecule has 5 atom stereocenters. The monoisotopic (exact) mass is 522 g/mol. The number of unbranched alkanes of at least 4 members (excludes halogenated alkanes) is 3. The molecule has 1 N–H and O–H groups in total. The summed E-state index contributed by atoms with van der Waals surface area (Å²) >= 11 is 0. The first kappa shape index (κ1) is 26.6. The highest BCUT2D eigenvalue weighted by molar-refractivity contribution is 6.05. The Balaban J connectivity index is 1.55. The number of ether oxygens (including phenoxy) is 2. The zero-order chi connectivity index (χ0) is 26.9. The number of allylic oxidation sites excluding steroid dienone is 1. The lowest BCUT2D eigenvalue weighted by Gasteiger charge is -2.35. The van der Waals surface area contributed by atoms with Crippen molar-refractivity contribution in [2.24, 2.45) is 11.8 Å². The number of hydrogen-bond acceptors (Lipinski definition) is 6. The molecule has 5 rings (SSSR count). The molecule has 0 aromatic heterocycles. The number of nitrogens with zero attached hydrogens (tertiary/aromatic N) is 2. The van der Waals surface area contributed by atoms with Crippen molar-refractivity contribution in [1.82, 2.24) is 4.90 Å². The number of carbonyl (C=O) groups is 3. The second kappa shape index (κ2) is 11.0. The van der Waals surface area contributed by atoms with Crippen LogP contribution in [0.3, 0.4) is 0 Å². The van der Waals surface area contributed by atoms with Crippen LogP contribution in [0.2, 0.25) is 0 Å². The summed E-state index contributed by atoms with van der Waals surface area (Å²) in [7, 11) is 0. The summed E-state index contributed by atoms with van der Waals surface area (Å²) in [6, 6.07) is 5.14. The fourth-order valence-corrected chi connectivity index (χ4v) is 6.47. The number of fused-ring (bicyclic) bond motifs is 2. The minimum absolute atomic E-state index is 0.136. The molecule has 4 aliphatic rings. The van der Waals surface area contributed by atoms with Gasteiger partial charge in [0.05, 0.1) is 18.6 Å². The van der Waals surface area contributed by atoms with Gasteiger partial charge in [-0.05, 0) is 56.7 Å². The number of carbonyl (C=O) groups excluding carboxylic acids is 3. The number of benzene rings is 1. The molecule has 4 aliphatic heterocycles. The van der Waals surface area contributed by atoms with Gasteiger partial charge in [-0.3, -0.25) is 14.4 Å². The maximum atomic E-state index is 14.4. The molecule has 4 heterocycles. The van der Waals surface area contributed by atoms with Crippen molar-refractivity contribution in [3.8, 4) is 0 Å². The van der Waals surface area contributed by atoms with E-state index >= 15 is 0 Å². The number of aliphatic hydroxyl groups is 1. The van der Waals surface area contributed by atoms with Crippen molar-refractivity contribution in [2.45, 2.75) is 70.1 Å². The van der Waals surface area contributed by atoms with E-state index in [1.165, 1.54) is 0 Å². The number of amides is 2. The lowest BCUT2D eigenvalue weighted by Crippen LogP contribution is -2.55. The summed E-state index contributed by atoms with van der Waals surface area (Å²) in [5.74, 6) is -2.49. The number of aliphatic hydroxyl groups excluding tert-OH is 1. The van der Waals surface area contributed by atoms with Crippen LogP contribution in [-0.2, 0) is 23.9 Å². The summed E-state index contributed by atoms with van der Waals surface area (Å²) in [4.78, 5) is 45.3. The van der Waals surface area contributed by atoms with Crippen LogP contribution in [0.5, 0.6) is 0 Å². The quantitative estimate of drug-likeness (QED) is 0.336. The molecule has 2 amide bonds. The molecule has 2 fully saturated rings. The van der Waals surface area contributed by atoms with Gasteiger partial charge in [0, 0.05) is 25.4 Å². The molecule has 1 spiro atoms. The highest BCUT2D eigenvalue weighted by Crippen LogP contribution is 2.53. The Kier molecular flexibility index (Phi) is 7.73. The van der Waals surface area contributed by atoms with Crippen molar-refractivity contribution >= 4 is 23.5 Å². The predicted octanol–water partition coefficient (Wildman–Crippen LogP) is 3.23. The van der Waals surface area contributed by atoms with Crippen LogP contribution in [-0.4, -0.2) is 71.8 Å². The Morgan fingerprint density at radius 3 is 2.68 bits per heavy atom. The van der Waals surface area contributed by atoms with Gasteiger partial charge in [0.25, 0.3) is 5.91 Å². The van der Waals surface area contributed by atoms with E-state index in [9.17, 15) is 14.4 Å². The van der Waals surface area contributed by atoms with E-state index in [1.807, 2.05) is 56.4 Å². The minimum Gasteiger partial charge on any atom is -0.465 e. The Hall–Kier alpha value is -2.97. The number of hydrogen-bond donors (Lipinski definition) is 1. The van der Waals surface area contributed by atoms with Crippen LogP contribution in [0.4, 0.5) is 5.69 Å². The van der Waals surface area contributed by atoms with Crippen LogP contribution < -0.4 is 4.90 Å². The van der Waals surface area contributed by atoms with Gasteiger partial charge in [0.1, 0.15) is 17.6 Å². The number of cyclic esters (lactones) is 1. The molecule has 8 heteroatoms. The molecule has 1 aromatic rings. The summed E-state index contributed by atoms with van der Waals surface area (Å²) < 4.78 is 12.2. The van der Waals surface area contributed by atoms with Crippen molar-refractivity contribution < 1.29 is 29.0 Å². The Morgan fingerprint density at radius 2 is 1.87 bits per heavy atom. The van der Waals surface area contributed by atoms with Gasteiger partial charge < -0.3 is 24.4 Å². The maximum Gasteiger partial charge on any atom is 0.312 e. The minimum atomic E-state index is -1.25. The lowest BCUT2D eigenvalue weighted by molar-refractivity contribution is -0.154. The molecule has 0 bridgehead atoms. The van der Waals surface area contributed by atoms with Crippen LogP contribution in [0, 0.1) is 25.7 Å². The van der Waals surface area contributed by atoms with Gasteiger partial charge in [0.2, 0.25) is 5.91 Å². The van der Waals surface area contributed by atoms with Crippen molar-refractivity contribution in [3.63, 3.8) is 0 Å². The predicted molar refractivity (Wildman–Crippen MR) is 142 cm³/mol. The number of likely N-dealkylation sites (tertiary alicyclic amines) is 1. The molecule has 0 saturated carbocycles. The molecular weight excluding hydrogens is 484 g/mol. The molecule has 38 heavy (non-hydrogen) atoms. The highest BCUT2D eigenvalue weighted by Gasteiger charge is 2.71. The van der Waals surface area contributed by atoms with Gasteiger partial charge in [-0.2, -0.15) is 0 Å². The third-order valence-corrected chi connectivity index (χ3v) is 8.31. The zero-order valence-electron chi connectivity index (χ0n) is 22.3. The SMILES string of the molecule is Cc1ccc(C)c(N2CC=C[C@]34O[C@H]5/C=C\CCCOC(=O)[C@H]5[C@H]3C(=O)N(CCCCCCO)C4C2=O)c1. The Morgan fingerprint density at radius 1 is 1.05 bits per heavy atom. The summed E-state index contributed by atoms with van der Waals surface area (Å²) in [6.45, 7) is 5.15. The Bertz CT molecular complexity index is 1150. The number of aryl methyl sites for hydroxylation is 2. The Labute approximate surface area is 224 Å². The number of rotatable bonds is 7. The summed E-state index contributed by atoms with van der Waals surface area (Å²) in [5, 5.41) is 9.14. The summed E-state index contributed by atoms with van der Waals surface area (Å²) in [6.07, 6.45) is 11.6. The van der Waals surface area contributed by atoms with E-state index in [2.05, 4.69) is 0 Å². The largest absolute Gasteiger partial charge is 0.465 e. The lowest BCUT2D eigenvalue weighted by atomic mass is 9.78. The van der Waals surface area contributed by atoms with E-state index in [-0.39, 0.29) is 18.4 Å². The summed E-state index contributed by atoms with van der Waals surface area (Å²) in [5.41, 5.74) is 1.59. The third kappa shape index (κ3) is 4.58. The van der Waals surface area contributed by atoms with Crippen LogP contribution in [0.25, 0.3) is 0 Å². The molecule has 8 nitrogen and oxygen atoms in total. The van der Waals surface area contributed by atoms with Crippen molar-refractivity contribution in [3.05, 3.63) is 53.6 Å².